The van der Waals surface area contributed by atoms with Crippen molar-refractivity contribution in [1.29, 1.82) is 0 Å². The third-order valence-corrected chi connectivity index (χ3v) is 3.80. The maximum absolute atomic E-state index is 6.16. The van der Waals surface area contributed by atoms with Crippen molar-refractivity contribution >= 4 is 15.9 Å². The van der Waals surface area contributed by atoms with Gasteiger partial charge < -0.3 is 15.2 Å². The molecular weight excluding hydrogens is 330 g/mol. The van der Waals surface area contributed by atoms with E-state index in [0.29, 0.717) is 0 Å². The average molecular weight is 350 g/mol. The monoisotopic (exact) mass is 349 g/mol. The number of methoxy groups -OCH3 is 1. The fourth-order valence-electron chi connectivity index (χ4n) is 2.14. The molecule has 112 valence electrons. The van der Waals surface area contributed by atoms with Gasteiger partial charge >= 0.3 is 0 Å². The van der Waals surface area contributed by atoms with E-state index in [0.717, 1.165) is 27.1 Å². The SMILES string of the molecule is COc1cccc(C(Oc2cc(Br)ccc2C)C(C)N)c1. The van der Waals surface area contributed by atoms with Crippen LogP contribution in [0.3, 0.4) is 0 Å². The van der Waals surface area contributed by atoms with Gasteiger partial charge in [-0.15, -0.1) is 0 Å². The van der Waals surface area contributed by atoms with E-state index >= 15 is 0 Å². The molecule has 0 spiro atoms. The first-order chi connectivity index (χ1) is 10.0. The zero-order valence-corrected chi connectivity index (χ0v) is 14.1. The van der Waals surface area contributed by atoms with Crippen LogP contribution in [-0.4, -0.2) is 13.2 Å². The minimum atomic E-state index is -0.229. The number of hydrogen-bond donors (Lipinski definition) is 1. The topological polar surface area (TPSA) is 44.5 Å². The van der Waals surface area contributed by atoms with Gasteiger partial charge in [0.1, 0.15) is 17.6 Å². The van der Waals surface area contributed by atoms with Crippen LogP contribution in [0.2, 0.25) is 0 Å². The molecule has 0 aliphatic heterocycles. The van der Waals surface area contributed by atoms with Crippen LogP contribution in [0.1, 0.15) is 24.2 Å². The normalized spacial score (nSPS) is 13.6. The summed E-state index contributed by atoms with van der Waals surface area (Å²) in [5.74, 6) is 1.63. The highest BCUT2D eigenvalue weighted by atomic mass is 79.9. The Morgan fingerprint density at radius 1 is 1.14 bits per heavy atom. The molecule has 0 saturated heterocycles. The summed E-state index contributed by atoms with van der Waals surface area (Å²) in [7, 11) is 1.65. The van der Waals surface area contributed by atoms with Crippen molar-refractivity contribution in [2.24, 2.45) is 5.73 Å². The predicted molar refractivity (Wildman–Crippen MR) is 88.9 cm³/mol. The lowest BCUT2D eigenvalue weighted by Gasteiger charge is -2.24. The largest absolute Gasteiger partial charge is 0.497 e. The second-order valence-corrected chi connectivity index (χ2v) is 6.00. The van der Waals surface area contributed by atoms with Crippen molar-refractivity contribution < 1.29 is 9.47 Å². The van der Waals surface area contributed by atoms with Crippen LogP contribution in [0.25, 0.3) is 0 Å². The molecule has 0 radical (unpaired) electrons. The highest BCUT2D eigenvalue weighted by Crippen LogP contribution is 2.30. The summed E-state index contributed by atoms with van der Waals surface area (Å²) >= 11 is 3.47. The van der Waals surface area contributed by atoms with E-state index in [9.17, 15) is 0 Å². The molecule has 2 unspecified atom stereocenters. The molecular formula is C17H20BrNO2. The van der Waals surface area contributed by atoms with E-state index < -0.39 is 0 Å². The van der Waals surface area contributed by atoms with Crippen LogP contribution in [0.4, 0.5) is 0 Å². The van der Waals surface area contributed by atoms with Gasteiger partial charge in [-0.25, -0.2) is 0 Å². The first kappa shape index (κ1) is 15.9. The van der Waals surface area contributed by atoms with Gasteiger partial charge in [-0.05, 0) is 49.2 Å². The standard InChI is InChI=1S/C17H20BrNO2/c1-11-7-8-14(18)10-16(11)21-17(12(2)19)13-5-4-6-15(9-13)20-3/h4-10,12,17H,19H2,1-3H3. The molecule has 2 N–H and O–H groups in total. The van der Waals surface area contributed by atoms with Crippen LogP contribution in [0, 0.1) is 6.92 Å². The lowest BCUT2D eigenvalue weighted by molar-refractivity contribution is 0.179. The highest BCUT2D eigenvalue weighted by Gasteiger charge is 2.19. The summed E-state index contributed by atoms with van der Waals surface area (Å²) in [5.41, 5.74) is 8.20. The fraction of sp³-hybridized carbons (Fsp3) is 0.294. The molecule has 0 bridgehead atoms. The smallest absolute Gasteiger partial charge is 0.139 e. The number of ether oxygens (including phenoxy) is 2. The van der Waals surface area contributed by atoms with E-state index in [1.807, 2.05) is 56.3 Å². The Kier molecular flexibility index (Phi) is 5.26. The Morgan fingerprint density at radius 3 is 2.57 bits per heavy atom. The minimum Gasteiger partial charge on any atom is -0.497 e. The number of rotatable bonds is 5. The summed E-state index contributed by atoms with van der Waals surface area (Å²) < 4.78 is 12.4. The second-order valence-electron chi connectivity index (χ2n) is 5.08. The summed E-state index contributed by atoms with van der Waals surface area (Å²) in [6, 6.07) is 13.6. The van der Waals surface area contributed by atoms with E-state index in [1.54, 1.807) is 7.11 Å². The number of nitrogens with two attached hydrogens (primary N) is 1. The number of halogens is 1. The van der Waals surface area contributed by atoms with Crippen LogP contribution in [0.15, 0.2) is 46.9 Å². The third kappa shape index (κ3) is 3.99. The van der Waals surface area contributed by atoms with Gasteiger partial charge in [0.2, 0.25) is 0 Å². The van der Waals surface area contributed by atoms with Crippen LogP contribution >= 0.6 is 15.9 Å². The van der Waals surface area contributed by atoms with Gasteiger partial charge in [0.05, 0.1) is 7.11 Å². The van der Waals surface area contributed by atoms with Crippen molar-refractivity contribution in [3.8, 4) is 11.5 Å². The Morgan fingerprint density at radius 2 is 1.90 bits per heavy atom. The van der Waals surface area contributed by atoms with Crippen molar-refractivity contribution in [2.75, 3.05) is 7.11 Å². The molecule has 2 aromatic rings. The molecule has 3 nitrogen and oxygen atoms in total. The molecule has 0 aliphatic rings. The average Bonchev–Trinajstić information content (AvgIpc) is 2.47. The van der Waals surface area contributed by atoms with Crippen molar-refractivity contribution in [3.05, 3.63) is 58.1 Å². The van der Waals surface area contributed by atoms with Crippen LogP contribution < -0.4 is 15.2 Å². The van der Waals surface area contributed by atoms with Crippen molar-refractivity contribution in [3.63, 3.8) is 0 Å². The third-order valence-electron chi connectivity index (χ3n) is 3.30. The molecule has 0 heterocycles. The van der Waals surface area contributed by atoms with E-state index in [2.05, 4.69) is 15.9 Å². The van der Waals surface area contributed by atoms with Gasteiger partial charge in [0.15, 0.2) is 0 Å². The molecule has 2 atom stereocenters. The van der Waals surface area contributed by atoms with Gasteiger partial charge in [0.25, 0.3) is 0 Å². The van der Waals surface area contributed by atoms with E-state index in [4.69, 9.17) is 15.2 Å². The maximum Gasteiger partial charge on any atom is 0.139 e. The van der Waals surface area contributed by atoms with Gasteiger partial charge in [-0.3, -0.25) is 0 Å². The molecule has 4 heteroatoms. The Hall–Kier alpha value is -1.52. The molecule has 2 rings (SSSR count). The maximum atomic E-state index is 6.16. The lowest BCUT2D eigenvalue weighted by atomic mass is 10.0. The first-order valence-corrected chi connectivity index (χ1v) is 7.63. The second kappa shape index (κ2) is 6.96. The molecule has 0 saturated carbocycles. The Labute approximate surface area is 134 Å². The van der Waals surface area contributed by atoms with Crippen molar-refractivity contribution in [1.82, 2.24) is 0 Å². The van der Waals surface area contributed by atoms with Crippen LogP contribution in [-0.2, 0) is 0 Å². The zero-order valence-electron chi connectivity index (χ0n) is 12.5. The Balaban J connectivity index is 2.33. The van der Waals surface area contributed by atoms with Crippen molar-refractivity contribution in [2.45, 2.75) is 26.0 Å². The lowest BCUT2D eigenvalue weighted by Crippen LogP contribution is -2.29. The molecule has 0 aromatic heterocycles. The first-order valence-electron chi connectivity index (χ1n) is 6.83. The zero-order chi connectivity index (χ0) is 15.4. The quantitative estimate of drug-likeness (QED) is 0.878. The van der Waals surface area contributed by atoms with Crippen LogP contribution in [0.5, 0.6) is 11.5 Å². The molecule has 2 aromatic carbocycles. The van der Waals surface area contributed by atoms with Gasteiger partial charge in [-0.2, -0.15) is 0 Å². The summed E-state index contributed by atoms with van der Waals surface area (Å²) in [4.78, 5) is 0. The number of benzene rings is 2. The number of hydrogen-bond acceptors (Lipinski definition) is 3. The summed E-state index contributed by atoms with van der Waals surface area (Å²) in [5, 5.41) is 0. The minimum absolute atomic E-state index is 0.143. The fourth-order valence-corrected chi connectivity index (χ4v) is 2.48. The Bertz CT molecular complexity index is 613. The number of aryl methyl sites for hydroxylation is 1. The van der Waals surface area contributed by atoms with E-state index in [-0.39, 0.29) is 12.1 Å². The highest BCUT2D eigenvalue weighted by molar-refractivity contribution is 9.10. The summed E-state index contributed by atoms with van der Waals surface area (Å²) in [6.45, 7) is 3.96. The molecule has 0 aliphatic carbocycles. The molecule has 21 heavy (non-hydrogen) atoms. The predicted octanol–water partition coefficient (Wildman–Crippen LogP) is 4.23. The summed E-state index contributed by atoms with van der Waals surface area (Å²) in [6.07, 6.45) is -0.229. The molecule has 0 fully saturated rings. The molecule has 0 amide bonds. The van der Waals surface area contributed by atoms with E-state index in [1.165, 1.54) is 0 Å². The van der Waals surface area contributed by atoms with Gasteiger partial charge in [-0.1, -0.05) is 34.1 Å². The van der Waals surface area contributed by atoms with Gasteiger partial charge in [0, 0.05) is 10.5 Å².